The molecule has 0 spiro atoms. The van der Waals surface area contributed by atoms with Crippen molar-refractivity contribution in [2.45, 2.75) is 13.8 Å². The van der Waals surface area contributed by atoms with Gasteiger partial charge in [-0.15, -0.1) is 4.68 Å². The van der Waals surface area contributed by atoms with E-state index in [0.717, 1.165) is 5.69 Å². The third-order valence-electron chi connectivity index (χ3n) is 2.35. The maximum absolute atomic E-state index is 11.1. The summed E-state index contributed by atoms with van der Waals surface area (Å²) in [6.07, 6.45) is 1.77. The van der Waals surface area contributed by atoms with Crippen molar-refractivity contribution < 1.29 is 21.9 Å². The quantitative estimate of drug-likeness (QED) is 0.638. The fourth-order valence-corrected chi connectivity index (χ4v) is 1.59. The Hall–Kier alpha value is -1.88. The summed E-state index contributed by atoms with van der Waals surface area (Å²) in [7, 11) is 1.82. The van der Waals surface area contributed by atoms with Crippen LogP contribution in [0.15, 0.2) is 30.5 Å². The Bertz CT molecular complexity index is 548. The van der Waals surface area contributed by atoms with Crippen LogP contribution in [0.1, 0.15) is 12.5 Å². The van der Waals surface area contributed by atoms with Crippen LogP contribution in [0.4, 0.5) is 5.82 Å². The number of hydrogen-bond acceptors (Lipinski definition) is 2. The van der Waals surface area contributed by atoms with Gasteiger partial charge in [0.2, 0.25) is 5.91 Å². The summed E-state index contributed by atoms with van der Waals surface area (Å²) < 4.78 is 3.35. The minimum absolute atomic E-state index is 0. The lowest BCUT2D eigenvalue weighted by molar-refractivity contribution is -0.731. The van der Waals surface area contributed by atoms with E-state index in [-0.39, 0.29) is 18.3 Å². The van der Waals surface area contributed by atoms with Crippen molar-refractivity contribution in [3.8, 4) is 5.69 Å². The van der Waals surface area contributed by atoms with Gasteiger partial charge < -0.3 is 12.4 Å². The second-order valence-electron chi connectivity index (χ2n) is 4.01. The zero-order valence-corrected chi connectivity index (χ0v) is 11.3. The third-order valence-corrected chi connectivity index (χ3v) is 2.35. The molecule has 0 aliphatic rings. The van der Waals surface area contributed by atoms with E-state index in [0.29, 0.717) is 5.82 Å². The molecule has 2 aromatic rings. The van der Waals surface area contributed by atoms with Gasteiger partial charge in [0.25, 0.3) is 5.82 Å². The Morgan fingerprint density at radius 1 is 1.33 bits per heavy atom. The van der Waals surface area contributed by atoms with Gasteiger partial charge in [0, 0.05) is 6.92 Å². The van der Waals surface area contributed by atoms with Crippen LogP contribution in [0.3, 0.4) is 0 Å². The number of hydrogen-bond donors (Lipinski definition) is 1. The molecule has 1 heterocycles. The number of anilines is 1. The summed E-state index contributed by atoms with van der Waals surface area (Å²) in [5.41, 5.74) is 2.10. The molecule has 0 unspecified atom stereocenters. The van der Waals surface area contributed by atoms with E-state index >= 15 is 0 Å². The Balaban J connectivity index is 0.00000162. The zero-order valence-electron chi connectivity index (χ0n) is 10.5. The van der Waals surface area contributed by atoms with Gasteiger partial charge in [-0.25, -0.2) is 0 Å². The highest BCUT2D eigenvalue weighted by atomic mass is 35.5. The second kappa shape index (κ2) is 5.64. The molecule has 5 nitrogen and oxygen atoms in total. The van der Waals surface area contributed by atoms with Crippen molar-refractivity contribution in [3.63, 3.8) is 0 Å². The molecule has 0 saturated heterocycles. The molecule has 0 fully saturated rings. The summed E-state index contributed by atoms with van der Waals surface area (Å²) in [6.45, 7) is 3.51. The van der Waals surface area contributed by atoms with Crippen LogP contribution in [0, 0.1) is 6.92 Å². The average molecular weight is 267 g/mol. The van der Waals surface area contributed by atoms with Crippen LogP contribution in [0.2, 0.25) is 0 Å². The molecular weight excluding hydrogens is 252 g/mol. The zero-order chi connectivity index (χ0) is 12.4. The van der Waals surface area contributed by atoms with Crippen molar-refractivity contribution in [2.75, 3.05) is 5.32 Å². The van der Waals surface area contributed by atoms with Crippen LogP contribution in [0.5, 0.6) is 0 Å². The smallest absolute Gasteiger partial charge is 0.270 e. The molecule has 0 saturated carbocycles. The van der Waals surface area contributed by atoms with E-state index in [1.807, 2.05) is 38.2 Å². The van der Waals surface area contributed by atoms with Crippen molar-refractivity contribution in [1.29, 1.82) is 0 Å². The SMILES string of the molecule is CC(=O)Nc1c[n+](C)nn1-c1ccc(C)cc1.[Cl-]. The first-order valence-electron chi connectivity index (χ1n) is 5.37. The summed E-state index contributed by atoms with van der Waals surface area (Å²) in [4.78, 5) is 11.1. The fraction of sp³-hybridized carbons (Fsp3) is 0.250. The Morgan fingerprint density at radius 2 is 1.94 bits per heavy atom. The van der Waals surface area contributed by atoms with Gasteiger partial charge in [-0.1, -0.05) is 22.4 Å². The number of carbonyl (C=O) groups excluding carboxylic acids is 1. The first-order chi connectivity index (χ1) is 8.06. The number of halogens is 1. The van der Waals surface area contributed by atoms with Gasteiger partial charge in [0.15, 0.2) is 11.9 Å². The van der Waals surface area contributed by atoms with Gasteiger partial charge in [0.05, 0.1) is 5.21 Å². The minimum atomic E-state index is -0.112. The summed E-state index contributed by atoms with van der Waals surface area (Å²) >= 11 is 0. The van der Waals surface area contributed by atoms with Crippen molar-refractivity contribution in [3.05, 3.63) is 36.0 Å². The van der Waals surface area contributed by atoms with Gasteiger partial charge in [-0.3, -0.25) is 10.1 Å². The van der Waals surface area contributed by atoms with Crippen molar-refractivity contribution >= 4 is 11.7 Å². The number of carbonyl (C=O) groups is 1. The van der Waals surface area contributed by atoms with Gasteiger partial charge in [0.1, 0.15) is 7.05 Å². The number of nitrogens with zero attached hydrogens (tertiary/aromatic N) is 3. The molecule has 2 rings (SSSR count). The van der Waals surface area contributed by atoms with E-state index in [4.69, 9.17) is 0 Å². The lowest BCUT2D eigenvalue weighted by Crippen LogP contribution is -3.00. The van der Waals surface area contributed by atoms with Crippen LogP contribution >= 0.6 is 0 Å². The van der Waals surface area contributed by atoms with Crippen LogP contribution in [0.25, 0.3) is 5.69 Å². The molecule has 0 radical (unpaired) electrons. The highest BCUT2D eigenvalue weighted by Gasteiger charge is 2.16. The van der Waals surface area contributed by atoms with Crippen molar-refractivity contribution in [1.82, 2.24) is 9.90 Å². The normalized spacial score (nSPS) is 9.72. The molecule has 0 aliphatic heterocycles. The molecule has 0 bridgehead atoms. The minimum Gasteiger partial charge on any atom is -1.00 e. The number of aromatic nitrogens is 3. The Labute approximate surface area is 112 Å². The molecule has 6 heteroatoms. The van der Waals surface area contributed by atoms with E-state index in [2.05, 4.69) is 10.5 Å². The predicted octanol–water partition coefficient (Wildman–Crippen LogP) is -2.03. The molecular formula is C12H15ClN4O. The molecule has 0 aliphatic carbocycles. The van der Waals surface area contributed by atoms with E-state index < -0.39 is 0 Å². The monoisotopic (exact) mass is 266 g/mol. The molecule has 1 N–H and O–H groups in total. The first-order valence-corrected chi connectivity index (χ1v) is 5.37. The number of amides is 1. The summed E-state index contributed by atoms with van der Waals surface area (Å²) in [5.74, 6) is 0.544. The Kier molecular flexibility index (Phi) is 4.44. The summed E-state index contributed by atoms with van der Waals surface area (Å²) in [5, 5.41) is 7.03. The van der Waals surface area contributed by atoms with Crippen LogP contribution in [-0.4, -0.2) is 15.8 Å². The standard InChI is InChI=1S/C12H14N4O.ClH/c1-9-4-6-11(7-5-9)16-12(13-10(2)17)8-15(3)14-16;/h4-8H,1-3H3;1H. The number of benzene rings is 1. The van der Waals surface area contributed by atoms with Gasteiger partial charge >= 0.3 is 0 Å². The van der Waals surface area contributed by atoms with Gasteiger partial charge in [-0.2, -0.15) is 0 Å². The molecule has 18 heavy (non-hydrogen) atoms. The fourth-order valence-electron chi connectivity index (χ4n) is 1.59. The molecule has 1 aromatic carbocycles. The Morgan fingerprint density at radius 3 is 2.50 bits per heavy atom. The average Bonchev–Trinajstić information content (AvgIpc) is 2.59. The molecule has 1 aromatic heterocycles. The molecule has 0 atom stereocenters. The number of aryl methyl sites for hydroxylation is 2. The number of nitrogens with one attached hydrogen (secondary N) is 1. The molecule has 96 valence electrons. The highest BCUT2D eigenvalue weighted by molar-refractivity contribution is 5.87. The highest BCUT2D eigenvalue weighted by Crippen LogP contribution is 2.13. The number of rotatable bonds is 2. The summed E-state index contributed by atoms with van der Waals surface area (Å²) in [6, 6.07) is 7.95. The van der Waals surface area contributed by atoms with E-state index in [1.54, 1.807) is 15.6 Å². The molecule has 1 amide bonds. The lowest BCUT2D eigenvalue weighted by Gasteiger charge is -1.99. The first kappa shape index (κ1) is 14.2. The van der Waals surface area contributed by atoms with Gasteiger partial charge in [-0.05, 0) is 19.1 Å². The van der Waals surface area contributed by atoms with E-state index in [1.165, 1.54) is 12.5 Å². The van der Waals surface area contributed by atoms with Crippen LogP contribution < -0.4 is 22.4 Å². The third kappa shape index (κ3) is 3.07. The largest absolute Gasteiger partial charge is 1.00 e. The second-order valence-corrected chi connectivity index (χ2v) is 4.01. The topological polar surface area (TPSA) is 50.8 Å². The van der Waals surface area contributed by atoms with E-state index in [9.17, 15) is 4.79 Å². The lowest BCUT2D eigenvalue weighted by atomic mass is 10.2. The predicted molar refractivity (Wildman–Crippen MR) is 63.8 cm³/mol. The maximum atomic E-state index is 11.1. The maximum Gasteiger partial charge on any atom is 0.270 e. The van der Waals surface area contributed by atoms with Crippen LogP contribution in [-0.2, 0) is 11.8 Å². The van der Waals surface area contributed by atoms with Crippen molar-refractivity contribution in [2.24, 2.45) is 7.05 Å².